The number of hydrogen-bond acceptors (Lipinski definition) is 11. The summed E-state index contributed by atoms with van der Waals surface area (Å²) in [5, 5.41) is 19.2. The predicted octanol–water partition coefficient (Wildman–Crippen LogP) is 3.89. The van der Waals surface area contributed by atoms with E-state index < -0.39 is 47.9 Å². The maximum Gasteiger partial charge on any atom is 0.309 e. The summed E-state index contributed by atoms with van der Waals surface area (Å²) in [6.45, 7) is 5.16. The fourth-order valence-electron chi connectivity index (χ4n) is 5.35. The van der Waals surface area contributed by atoms with Gasteiger partial charge in [-0.25, -0.2) is 4.98 Å². The number of carbonyl (C=O) groups excluding carboxylic acids is 2. The number of epoxide rings is 1. The minimum Gasteiger partial charge on any atom is -0.458 e. The van der Waals surface area contributed by atoms with E-state index in [0.29, 0.717) is 25.7 Å². The van der Waals surface area contributed by atoms with Crippen molar-refractivity contribution in [2.75, 3.05) is 6.61 Å². The molecule has 0 radical (unpaired) electrons. The normalized spacial score (nSPS) is 35.7. The van der Waals surface area contributed by atoms with Crippen molar-refractivity contribution in [2.24, 2.45) is 22.2 Å². The highest BCUT2D eigenvalue weighted by atomic mass is 32.1. The van der Waals surface area contributed by atoms with Crippen molar-refractivity contribution in [3.8, 4) is 0 Å². The third kappa shape index (κ3) is 5.37. The zero-order valence-electron chi connectivity index (χ0n) is 20.6. The Labute approximate surface area is 213 Å². The molecule has 0 unspecified atom stereocenters. The smallest absolute Gasteiger partial charge is 0.309 e. The number of ether oxygens (including phenoxy) is 2. The third-order valence-corrected chi connectivity index (χ3v) is 8.34. The Kier molecular flexibility index (Phi) is 7.91. The number of aliphatic hydroxyl groups is 1. The highest BCUT2D eigenvalue weighted by Gasteiger charge is 2.56. The van der Waals surface area contributed by atoms with E-state index in [0.717, 1.165) is 16.3 Å². The van der Waals surface area contributed by atoms with E-state index in [4.69, 9.17) is 9.47 Å². The van der Waals surface area contributed by atoms with Crippen LogP contribution < -0.4 is 0 Å². The van der Waals surface area contributed by atoms with Crippen molar-refractivity contribution in [2.45, 2.75) is 82.8 Å². The van der Waals surface area contributed by atoms with E-state index in [-0.39, 0.29) is 24.2 Å². The number of nitroso groups, excluding NO2 is 2. The molecule has 3 aliphatic rings. The maximum atomic E-state index is 13.0. The van der Waals surface area contributed by atoms with Gasteiger partial charge in [-0.2, -0.15) is 9.81 Å². The van der Waals surface area contributed by atoms with Gasteiger partial charge in [0.05, 0.1) is 29.8 Å². The summed E-state index contributed by atoms with van der Waals surface area (Å²) in [6.07, 6.45) is 4.06. The summed E-state index contributed by atoms with van der Waals surface area (Å²) in [7, 11) is 0. The summed E-state index contributed by atoms with van der Waals surface area (Å²) in [4.78, 5) is 53.7. The Morgan fingerprint density at radius 1 is 1.33 bits per heavy atom. The molecule has 194 valence electrons. The fraction of sp³-hybridized carbons (Fsp3) is 0.640. The zero-order chi connectivity index (χ0) is 26.0. The molecular weight excluding hydrogens is 486 g/mol. The SMILES string of the molecule is C/C(=C\c1csc(C)n1)[C@@H]1C[C@@H]2O[C@]2(CO)CCC[C@@H]2C=C(C(=O)[C@H](C)[C@H]2N=O)[C@@H](N=O)CC(=O)O1. The van der Waals surface area contributed by atoms with Gasteiger partial charge in [-0.3, -0.25) is 9.59 Å². The molecule has 1 N–H and O–H groups in total. The van der Waals surface area contributed by atoms with E-state index in [2.05, 4.69) is 15.3 Å². The Hall–Kier alpha value is -2.63. The van der Waals surface area contributed by atoms with Crippen LogP contribution in [0.15, 0.2) is 33.0 Å². The molecule has 0 spiro atoms. The van der Waals surface area contributed by atoms with Gasteiger partial charge < -0.3 is 14.6 Å². The quantitative estimate of drug-likeness (QED) is 0.351. The highest BCUT2D eigenvalue weighted by Crippen LogP contribution is 2.45. The molecule has 7 atom stereocenters. The number of hydrogen-bond donors (Lipinski definition) is 1. The van der Waals surface area contributed by atoms with Gasteiger partial charge in [0.2, 0.25) is 0 Å². The van der Waals surface area contributed by atoms with Crippen LogP contribution >= 0.6 is 11.3 Å². The topological polar surface area (TPSA) is 148 Å². The molecule has 2 aliphatic heterocycles. The molecule has 4 rings (SSSR count). The number of ketones is 1. The minimum absolute atomic E-state index is 0.135. The van der Waals surface area contributed by atoms with Crippen LogP contribution in [0.3, 0.4) is 0 Å². The third-order valence-electron chi connectivity index (χ3n) is 7.54. The van der Waals surface area contributed by atoms with Crippen LogP contribution in [0.25, 0.3) is 6.08 Å². The first kappa shape index (κ1) is 26.4. The average Bonchev–Trinajstić information content (AvgIpc) is 3.38. The monoisotopic (exact) mass is 517 g/mol. The summed E-state index contributed by atoms with van der Waals surface area (Å²) < 4.78 is 11.7. The van der Waals surface area contributed by atoms with Crippen LogP contribution in [0.2, 0.25) is 0 Å². The molecule has 3 heterocycles. The summed E-state index contributed by atoms with van der Waals surface area (Å²) >= 11 is 1.51. The van der Waals surface area contributed by atoms with Crippen molar-refractivity contribution < 1.29 is 24.2 Å². The first-order chi connectivity index (χ1) is 17.2. The summed E-state index contributed by atoms with van der Waals surface area (Å²) in [6, 6.07) is -1.97. The maximum absolute atomic E-state index is 13.0. The van der Waals surface area contributed by atoms with E-state index >= 15 is 0 Å². The van der Waals surface area contributed by atoms with Crippen LogP contribution in [0.4, 0.5) is 0 Å². The molecule has 0 saturated carbocycles. The lowest BCUT2D eigenvalue weighted by atomic mass is 9.74. The molecule has 0 aromatic carbocycles. The van der Waals surface area contributed by atoms with Crippen LogP contribution in [0, 0.1) is 28.6 Å². The largest absolute Gasteiger partial charge is 0.458 e. The fourth-order valence-corrected chi connectivity index (χ4v) is 5.92. The van der Waals surface area contributed by atoms with Crippen molar-refractivity contribution in [3.05, 3.63) is 43.1 Å². The molecular formula is C25H31N3O7S. The van der Waals surface area contributed by atoms with Gasteiger partial charge in [0, 0.05) is 29.2 Å². The Balaban J connectivity index is 1.65. The van der Waals surface area contributed by atoms with Crippen LogP contribution in [-0.2, 0) is 19.1 Å². The van der Waals surface area contributed by atoms with Crippen molar-refractivity contribution in [1.29, 1.82) is 0 Å². The van der Waals surface area contributed by atoms with Crippen LogP contribution in [0.1, 0.15) is 56.7 Å². The number of rotatable bonds is 5. The van der Waals surface area contributed by atoms with E-state index in [9.17, 15) is 24.5 Å². The zero-order valence-corrected chi connectivity index (χ0v) is 21.4. The second-order valence-corrected chi connectivity index (χ2v) is 11.0. The molecule has 36 heavy (non-hydrogen) atoms. The second-order valence-electron chi connectivity index (χ2n) is 9.98. The molecule has 1 aromatic heterocycles. The molecule has 0 amide bonds. The average molecular weight is 518 g/mol. The van der Waals surface area contributed by atoms with Gasteiger partial charge in [-0.15, -0.1) is 11.3 Å². The lowest BCUT2D eigenvalue weighted by Gasteiger charge is -2.31. The van der Waals surface area contributed by atoms with Crippen molar-refractivity contribution >= 4 is 29.2 Å². The number of aliphatic hydroxyl groups excluding tert-OH is 1. The van der Waals surface area contributed by atoms with Crippen molar-refractivity contribution in [1.82, 2.24) is 4.98 Å². The van der Waals surface area contributed by atoms with Crippen LogP contribution in [0.5, 0.6) is 0 Å². The number of aryl methyl sites for hydroxylation is 1. The van der Waals surface area contributed by atoms with E-state index in [1.54, 1.807) is 13.0 Å². The first-order valence-electron chi connectivity index (χ1n) is 12.2. The number of cyclic esters (lactones) is 1. The molecule has 10 nitrogen and oxygen atoms in total. The number of carbonyl (C=O) groups is 2. The van der Waals surface area contributed by atoms with Gasteiger partial charge in [0.15, 0.2) is 5.78 Å². The summed E-state index contributed by atoms with van der Waals surface area (Å²) in [5.41, 5.74) is 0.890. The second kappa shape index (κ2) is 10.8. The number of Topliss-reactive ketones (excluding diaryl/α,β-unsaturated/α-hetero) is 1. The number of thiazole rings is 1. The lowest BCUT2D eigenvalue weighted by molar-refractivity contribution is -0.148. The van der Waals surface area contributed by atoms with Gasteiger partial charge in [-0.1, -0.05) is 23.4 Å². The highest BCUT2D eigenvalue weighted by molar-refractivity contribution is 7.09. The van der Waals surface area contributed by atoms with Gasteiger partial charge >= 0.3 is 5.97 Å². The van der Waals surface area contributed by atoms with Gasteiger partial charge in [0.25, 0.3) is 0 Å². The van der Waals surface area contributed by atoms with E-state index in [1.165, 1.54) is 11.3 Å². The number of aromatic nitrogens is 1. The Morgan fingerprint density at radius 2 is 2.11 bits per heavy atom. The summed E-state index contributed by atoms with van der Waals surface area (Å²) in [5.74, 6) is -2.17. The number of nitrogens with zero attached hydrogens (tertiary/aromatic N) is 3. The minimum atomic E-state index is -1.20. The van der Waals surface area contributed by atoms with Crippen molar-refractivity contribution in [3.63, 3.8) is 0 Å². The Morgan fingerprint density at radius 3 is 2.75 bits per heavy atom. The van der Waals surface area contributed by atoms with E-state index in [1.807, 2.05) is 25.3 Å². The molecule has 11 heteroatoms. The molecule has 1 saturated heterocycles. The molecule has 1 fully saturated rings. The first-order valence-corrected chi connectivity index (χ1v) is 13.1. The molecule has 1 aromatic rings. The number of fused-ring (bicyclic) bond motifs is 2. The lowest BCUT2D eigenvalue weighted by Crippen LogP contribution is -2.39. The Bertz CT molecular complexity index is 1100. The molecule has 2 bridgehead atoms. The van der Waals surface area contributed by atoms with Gasteiger partial charge in [-0.05, 0) is 44.8 Å². The van der Waals surface area contributed by atoms with Gasteiger partial charge in [0.1, 0.15) is 23.8 Å². The predicted molar refractivity (Wildman–Crippen MR) is 133 cm³/mol. The molecule has 1 aliphatic carbocycles. The standard InChI is InChI=1S/C25H31N3O7S/c1-13(7-17-11-36-15(3)26-17)20-10-21-25(12-29,35-21)6-4-5-16-8-18(19(27-32)9-22(30)34-20)24(31)14(2)23(16)28-33/h7-8,11,14,16,19-21,23,29H,4-6,9-10,12H2,1-3H3/b13-7+/t14-,16-,19+,20+,21+,23-,25+/m1/s1. The number of esters is 1. The van der Waals surface area contributed by atoms with Crippen LogP contribution in [-0.4, -0.2) is 58.3 Å².